The Morgan fingerprint density at radius 3 is 3.08 bits per heavy atom. The second kappa shape index (κ2) is 4.45. The highest BCUT2D eigenvalue weighted by molar-refractivity contribution is 5.44. The molecule has 0 fully saturated rings. The first-order valence-corrected chi connectivity index (χ1v) is 4.03. The van der Waals surface area contributed by atoms with Gasteiger partial charge in [-0.15, -0.1) is 0 Å². The van der Waals surface area contributed by atoms with E-state index < -0.39 is 4.92 Å². The highest BCUT2D eigenvalue weighted by atomic mass is 16.6. The van der Waals surface area contributed by atoms with Crippen molar-refractivity contribution in [2.45, 2.75) is 13.3 Å². The maximum absolute atomic E-state index is 10.5. The van der Waals surface area contributed by atoms with Gasteiger partial charge in [-0.25, -0.2) is 0 Å². The van der Waals surface area contributed by atoms with Gasteiger partial charge in [0, 0.05) is 0 Å². The first-order valence-electron chi connectivity index (χ1n) is 4.03. The fraction of sp³-hybridized carbons (Fsp3) is 0.333. The number of rotatable bonds is 4. The summed E-state index contributed by atoms with van der Waals surface area (Å²) in [6, 6.07) is 7.26. The lowest BCUT2D eigenvalue weighted by Gasteiger charge is -2.03. The Bertz CT molecular complexity index is 299. The van der Waals surface area contributed by atoms with E-state index in [1.54, 1.807) is 12.1 Å². The van der Waals surface area contributed by atoms with Crippen LogP contribution >= 0.6 is 0 Å². The lowest BCUT2D eigenvalue weighted by Crippen LogP contribution is -1.98. The van der Waals surface area contributed by atoms with Gasteiger partial charge in [0.15, 0.2) is 5.75 Å². The van der Waals surface area contributed by atoms with Crippen LogP contribution in [0.2, 0.25) is 0 Å². The molecule has 1 aromatic rings. The van der Waals surface area contributed by atoms with E-state index in [-0.39, 0.29) is 11.4 Å². The van der Waals surface area contributed by atoms with Crippen molar-refractivity contribution in [1.29, 1.82) is 0 Å². The Hall–Kier alpha value is -1.58. The second-order valence-corrected chi connectivity index (χ2v) is 2.49. The maximum atomic E-state index is 10.5. The van der Waals surface area contributed by atoms with Gasteiger partial charge in [0.2, 0.25) is 0 Å². The predicted octanol–water partition coefficient (Wildman–Crippen LogP) is 2.18. The lowest BCUT2D eigenvalue weighted by molar-refractivity contribution is -0.386. The number of hydrogen-bond donors (Lipinski definition) is 0. The minimum absolute atomic E-state index is 0.101. The largest absolute Gasteiger partial charge is 0.487 e. The molecular formula is C9H10NO3. The van der Waals surface area contributed by atoms with E-state index in [0.717, 1.165) is 6.42 Å². The van der Waals surface area contributed by atoms with Gasteiger partial charge in [-0.2, -0.15) is 0 Å². The van der Waals surface area contributed by atoms with E-state index >= 15 is 0 Å². The Morgan fingerprint density at radius 2 is 2.46 bits per heavy atom. The van der Waals surface area contributed by atoms with Crippen molar-refractivity contribution in [3.8, 4) is 5.75 Å². The van der Waals surface area contributed by atoms with Gasteiger partial charge >= 0.3 is 5.69 Å². The fourth-order valence-electron chi connectivity index (χ4n) is 0.884. The van der Waals surface area contributed by atoms with Crippen molar-refractivity contribution >= 4 is 5.69 Å². The molecule has 0 unspecified atom stereocenters. The maximum Gasteiger partial charge on any atom is 0.318 e. The van der Waals surface area contributed by atoms with Crippen molar-refractivity contribution in [3.05, 3.63) is 34.4 Å². The molecule has 4 heteroatoms. The molecule has 0 bridgehead atoms. The van der Waals surface area contributed by atoms with Crippen molar-refractivity contribution < 1.29 is 9.66 Å². The predicted molar refractivity (Wildman–Crippen MR) is 47.7 cm³/mol. The standard InChI is InChI=1S/C9H10NO3/c1-2-7-13-9-6-4-3-5-8(9)10(11)12/h3-4,6H,2,7H2,1H3. The fourth-order valence-corrected chi connectivity index (χ4v) is 0.884. The number of hydrogen-bond acceptors (Lipinski definition) is 3. The average molecular weight is 180 g/mol. The normalized spacial score (nSPS) is 9.62. The Kier molecular flexibility index (Phi) is 3.25. The van der Waals surface area contributed by atoms with E-state index in [1.807, 2.05) is 6.92 Å². The van der Waals surface area contributed by atoms with Crippen molar-refractivity contribution in [3.63, 3.8) is 0 Å². The highest BCUT2D eigenvalue weighted by Gasteiger charge is 2.13. The van der Waals surface area contributed by atoms with Gasteiger partial charge in [0.1, 0.15) is 0 Å². The van der Waals surface area contributed by atoms with Crippen molar-refractivity contribution in [1.82, 2.24) is 0 Å². The number of nitro benzene ring substituents is 1. The summed E-state index contributed by atoms with van der Waals surface area (Å²) in [4.78, 5) is 9.98. The molecule has 0 saturated carbocycles. The molecule has 0 spiro atoms. The summed E-state index contributed by atoms with van der Waals surface area (Å²) in [5.41, 5.74) is -0.101. The van der Waals surface area contributed by atoms with Crippen LogP contribution in [0.4, 0.5) is 5.69 Å². The van der Waals surface area contributed by atoms with Gasteiger partial charge in [-0.3, -0.25) is 10.1 Å². The van der Waals surface area contributed by atoms with Crippen molar-refractivity contribution in [2.75, 3.05) is 6.61 Å². The minimum atomic E-state index is -0.495. The zero-order valence-corrected chi connectivity index (χ0v) is 7.32. The molecule has 0 atom stereocenters. The molecule has 0 aliphatic carbocycles. The summed E-state index contributed by atoms with van der Waals surface area (Å²) >= 11 is 0. The SMILES string of the molecule is CCCOc1ccc[c]c1[N+](=O)[O-]. The van der Waals surface area contributed by atoms with Crippen LogP contribution in [0.15, 0.2) is 18.2 Å². The third-order valence-electron chi connectivity index (χ3n) is 1.44. The van der Waals surface area contributed by atoms with Crippen LogP contribution in [0.1, 0.15) is 13.3 Å². The quantitative estimate of drug-likeness (QED) is 0.527. The Labute approximate surface area is 76.3 Å². The molecule has 0 heterocycles. The Morgan fingerprint density at radius 1 is 1.69 bits per heavy atom. The molecule has 69 valence electrons. The molecule has 1 radical (unpaired) electrons. The monoisotopic (exact) mass is 180 g/mol. The van der Waals surface area contributed by atoms with Gasteiger partial charge in [-0.05, 0) is 18.6 Å². The number of nitro groups is 1. The molecular weight excluding hydrogens is 170 g/mol. The molecule has 0 N–H and O–H groups in total. The molecule has 0 saturated heterocycles. The summed E-state index contributed by atoms with van der Waals surface area (Å²) < 4.78 is 5.17. The number of ether oxygens (including phenoxy) is 1. The summed E-state index contributed by atoms with van der Waals surface area (Å²) in [5, 5.41) is 10.5. The third-order valence-corrected chi connectivity index (χ3v) is 1.44. The third kappa shape index (κ3) is 2.43. The molecule has 4 nitrogen and oxygen atoms in total. The summed E-state index contributed by atoms with van der Waals surface area (Å²) in [5.74, 6) is 0.286. The van der Waals surface area contributed by atoms with Gasteiger partial charge in [-0.1, -0.05) is 13.0 Å². The molecule has 13 heavy (non-hydrogen) atoms. The van der Waals surface area contributed by atoms with E-state index in [9.17, 15) is 10.1 Å². The number of nitrogens with zero attached hydrogens (tertiary/aromatic N) is 1. The molecule has 1 rings (SSSR count). The zero-order chi connectivity index (χ0) is 9.68. The molecule has 1 aromatic carbocycles. The molecule has 0 aliphatic rings. The lowest BCUT2D eigenvalue weighted by atomic mass is 10.3. The smallest absolute Gasteiger partial charge is 0.318 e. The van der Waals surface area contributed by atoms with Crippen LogP contribution in [0.3, 0.4) is 0 Å². The van der Waals surface area contributed by atoms with Crippen LogP contribution in [-0.4, -0.2) is 11.5 Å². The Balaban J connectivity index is 2.84. The van der Waals surface area contributed by atoms with E-state index in [1.165, 1.54) is 6.07 Å². The molecule has 0 aliphatic heterocycles. The van der Waals surface area contributed by atoms with E-state index in [0.29, 0.717) is 6.61 Å². The van der Waals surface area contributed by atoms with Crippen LogP contribution in [0.25, 0.3) is 0 Å². The highest BCUT2D eigenvalue weighted by Crippen LogP contribution is 2.24. The summed E-state index contributed by atoms with van der Waals surface area (Å²) in [6.45, 7) is 2.43. The summed E-state index contributed by atoms with van der Waals surface area (Å²) in [7, 11) is 0. The van der Waals surface area contributed by atoms with Crippen LogP contribution in [-0.2, 0) is 0 Å². The summed E-state index contributed by atoms with van der Waals surface area (Å²) in [6.07, 6.45) is 0.825. The zero-order valence-electron chi connectivity index (χ0n) is 7.32. The second-order valence-electron chi connectivity index (χ2n) is 2.49. The van der Waals surface area contributed by atoms with Crippen LogP contribution < -0.4 is 4.74 Å². The van der Waals surface area contributed by atoms with E-state index in [4.69, 9.17) is 4.74 Å². The average Bonchev–Trinajstić information content (AvgIpc) is 2.15. The van der Waals surface area contributed by atoms with Crippen molar-refractivity contribution in [2.24, 2.45) is 0 Å². The van der Waals surface area contributed by atoms with Crippen LogP contribution in [0.5, 0.6) is 5.75 Å². The van der Waals surface area contributed by atoms with Gasteiger partial charge < -0.3 is 4.74 Å². The first kappa shape index (κ1) is 9.51. The minimum Gasteiger partial charge on any atom is -0.487 e. The number of para-hydroxylation sites is 1. The van der Waals surface area contributed by atoms with Crippen LogP contribution in [0, 0.1) is 16.2 Å². The number of benzene rings is 1. The molecule has 0 amide bonds. The van der Waals surface area contributed by atoms with Gasteiger partial charge in [0.05, 0.1) is 17.6 Å². The molecule has 0 aromatic heterocycles. The van der Waals surface area contributed by atoms with E-state index in [2.05, 4.69) is 6.07 Å². The topological polar surface area (TPSA) is 52.4 Å². The van der Waals surface area contributed by atoms with Gasteiger partial charge in [0.25, 0.3) is 0 Å². The first-order chi connectivity index (χ1) is 6.25.